The molecule has 1 N–H and O–H groups in total. The molecule has 3 aromatic carbocycles. The number of aromatic nitrogens is 1. The highest BCUT2D eigenvalue weighted by Gasteiger charge is 2.19. The first-order chi connectivity index (χ1) is 15.5. The zero-order valence-electron chi connectivity index (χ0n) is 16.4. The SMILES string of the molecule is N#Cc1cc(-c2ccc(Cl)cc2)c(-c2ccc(Cl)cc2Cl)nc1NC(=O)c1ccccc1. The van der Waals surface area contributed by atoms with Crippen molar-refractivity contribution in [3.63, 3.8) is 0 Å². The summed E-state index contributed by atoms with van der Waals surface area (Å²) in [6.45, 7) is 0. The Morgan fingerprint density at radius 3 is 2.19 bits per heavy atom. The van der Waals surface area contributed by atoms with Crippen LogP contribution in [0.25, 0.3) is 22.4 Å². The number of halogens is 3. The zero-order chi connectivity index (χ0) is 22.7. The third-order valence-electron chi connectivity index (χ3n) is 4.75. The molecule has 0 unspecified atom stereocenters. The lowest BCUT2D eigenvalue weighted by Crippen LogP contribution is -2.14. The van der Waals surface area contributed by atoms with E-state index in [1.807, 2.05) is 18.2 Å². The third-order valence-corrected chi connectivity index (χ3v) is 5.55. The van der Waals surface area contributed by atoms with E-state index in [0.717, 1.165) is 5.56 Å². The lowest BCUT2D eigenvalue weighted by Gasteiger charge is -2.15. The molecule has 1 amide bonds. The van der Waals surface area contributed by atoms with Crippen molar-refractivity contribution in [3.8, 4) is 28.5 Å². The fourth-order valence-electron chi connectivity index (χ4n) is 3.20. The first-order valence-corrected chi connectivity index (χ1v) is 10.6. The topological polar surface area (TPSA) is 65.8 Å². The fourth-order valence-corrected chi connectivity index (χ4v) is 3.82. The van der Waals surface area contributed by atoms with E-state index in [9.17, 15) is 10.1 Å². The van der Waals surface area contributed by atoms with E-state index in [-0.39, 0.29) is 17.3 Å². The van der Waals surface area contributed by atoms with Crippen molar-refractivity contribution in [1.29, 1.82) is 5.26 Å². The molecule has 0 saturated carbocycles. The van der Waals surface area contributed by atoms with Gasteiger partial charge in [0, 0.05) is 26.7 Å². The summed E-state index contributed by atoms with van der Waals surface area (Å²) < 4.78 is 0. The highest BCUT2D eigenvalue weighted by Crippen LogP contribution is 2.38. The molecule has 4 aromatic rings. The number of amides is 1. The molecule has 4 nitrogen and oxygen atoms in total. The van der Waals surface area contributed by atoms with Crippen LogP contribution in [0.1, 0.15) is 15.9 Å². The number of hydrogen-bond donors (Lipinski definition) is 1. The van der Waals surface area contributed by atoms with Gasteiger partial charge in [-0.3, -0.25) is 4.79 Å². The maximum absolute atomic E-state index is 12.7. The summed E-state index contributed by atoms with van der Waals surface area (Å²) in [5.74, 6) is -0.234. The number of nitrogens with zero attached hydrogens (tertiary/aromatic N) is 2. The Kier molecular flexibility index (Phi) is 6.43. The quantitative estimate of drug-likeness (QED) is 0.330. The number of benzene rings is 3. The second-order valence-corrected chi connectivity index (χ2v) is 8.12. The summed E-state index contributed by atoms with van der Waals surface area (Å²) in [5.41, 5.74) is 3.23. The second kappa shape index (κ2) is 9.42. The number of nitriles is 1. The first kappa shape index (κ1) is 21.9. The molecule has 0 atom stereocenters. The molecule has 1 heterocycles. The largest absolute Gasteiger partial charge is 0.305 e. The number of rotatable bonds is 4. The number of pyridine rings is 1. The van der Waals surface area contributed by atoms with Crippen LogP contribution in [0, 0.1) is 11.3 Å². The van der Waals surface area contributed by atoms with Gasteiger partial charge in [-0.15, -0.1) is 0 Å². The summed E-state index contributed by atoms with van der Waals surface area (Å²) in [5, 5.41) is 14.0. The third kappa shape index (κ3) is 4.61. The Bertz CT molecular complexity index is 1350. The maximum Gasteiger partial charge on any atom is 0.256 e. The van der Waals surface area contributed by atoms with E-state index in [0.29, 0.717) is 37.5 Å². The molecule has 1 aromatic heterocycles. The molecule has 0 fully saturated rings. The minimum atomic E-state index is -0.373. The van der Waals surface area contributed by atoms with Crippen molar-refractivity contribution < 1.29 is 4.79 Å². The van der Waals surface area contributed by atoms with Crippen LogP contribution in [-0.2, 0) is 0 Å². The fraction of sp³-hybridized carbons (Fsp3) is 0. The van der Waals surface area contributed by atoms with Crippen molar-refractivity contribution in [2.45, 2.75) is 0 Å². The van der Waals surface area contributed by atoms with E-state index in [1.165, 1.54) is 0 Å². The molecule has 0 radical (unpaired) electrons. The lowest BCUT2D eigenvalue weighted by molar-refractivity contribution is 0.102. The predicted octanol–water partition coefficient (Wildman–Crippen LogP) is 7.50. The number of carbonyl (C=O) groups excluding carboxylic acids is 1. The highest BCUT2D eigenvalue weighted by atomic mass is 35.5. The van der Waals surface area contributed by atoms with Gasteiger partial charge >= 0.3 is 0 Å². The Hall–Kier alpha value is -3.36. The van der Waals surface area contributed by atoms with Crippen molar-refractivity contribution in [2.24, 2.45) is 0 Å². The Morgan fingerprint density at radius 1 is 0.844 bits per heavy atom. The summed E-state index contributed by atoms with van der Waals surface area (Å²) in [6.07, 6.45) is 0. The van der Waals surface area contributed by atoms with Gasteiger partial charge in [0.25, 0.3) is 5.91 Å². The molecule has 0 bridgehead atoms. The number of anilines is 1. The Morgan fingerprint density at radius 2 is 1.53 bits per heavy atom. The van der Waals surface area contributed by atoms with Gasteiger partial charge < -0.3 is 5.32 Å². The molecule has 4 rings (SSSR count). The molecular formula is C25H14Cl3N3O. The average molecular weight is 479 g/mol. The standard InChI is InChI=1S/C25H14Cl3N3O/c26-18-8-6-15(7-9-18)21-12-17(14-29)24(31-25(32)16-4-2-1-3-5-16)30-23(21)20-11-10-19(27)13-22(20)28/h1-13H,(H,30,31,32). The maximum atomic E-state index is 12.7. The van der Waals surface area contributed by atoms with Gasteiger partial charge in [-0.05, 0) is 54.1 Å². The molecule has 32 heavy (non-hydrogen) atoms. The van der Waals surface area contributed by atoms with Crippen LogP contribution in [0.15, 0.2) is 78.9 Å². The van der Waals surface area contributed by atoms with Crippen LogP contribution >= 0.6 is 34.8 Å². The molecule has 0 aliphatic rings. The van der Waals surface area contributed by atoms with E-state index in [4.69, 9.17) is 34.8 Å². The zero-order valence-corrected chi connectivity index (χ0v) is 18.7. The normalized spacial score (nSPS) is 10.4. The van der Waals surface area contributed by atoms with Gasteiger partial charge in [0.2, 0.25) is 0 Å². The second-order valence-electron chi connectivity index (χ2n) is 6.84. The minimum absolute atomic E-state index is 0.139. The average Bonchev–Trinajstić information content (AvgIpc) is 2.80. The monoisotopic (exact) mass is 477 g/mol. The van der Waals surface area contributed by atoms with Crippen LogP contribution < -0.4 is 5.32 Å². The number of nitrogens with one attached hydrogen (secondary N) is 1. The van der Waals surface area contributed by atoms with Crippen LogP contribution in [0.3, 0.4) is 0 Å². The lowest BCUT2D eigenvalue weighted by atomic mass is 9.97. The molecule has 0 saturated heterocycles. The summed E-state index contributed by atoms with van der Waals surface area (Å²) >= 11 is 18.6. The summed E-state index contributed by atoms with van der Waals surface area (Å²) in [6, 6.07) is 24.7. The molecule has 0 spiro atoms. The van der Waals surface area contributed by atoms with Crippen molar-refractivity contribution in [1.82, 2.24) is 4.98 Å². The molecular weight excluding hydrogens is 465 g/mol. The van der Waals surface area contributed by atoms with Gasteiger partial charge in [-0.25, -0.2) is 4.98 Å². The Labute approximate surface area is 200 Å². The Balaban J connectivity index is 1.90. The minimum Gasteiger partial charge on any atom is -0.305 e. The van der Waals surface area contributed by atoms with Gasteiger partial charge in [0.1, 0.15) is 6.07 Å². The van der Waals surface area contributed by atoms with E-state index < -0.39 is 0 Å². The predicted molar refractivity (Wildman–Crippen MR) is 129 cm³/mol. The molecule has 156 valence electrons. The van der Waals surface area contributed by atoms with Gasteiger partial charge in [-0.1, -0.05) is 65.1 Å². The van der Waals surface area contributed by atoms with Gasteiger partial charge in [-0.2, -0.15) is 5.26 Å². The molecule has 0 aliphatic heterocycles. The van der Waals surface area contributed by atoms with Crippen LogP contribution in [0.4, 0.5) is 5.82 Å². The van der Waals surface area contributed by atoms with E-state index in [2.05, 4.69) is 16.4 Å². The van der Waals surface area contributed by atoms with Crippen LogP contribution in [0.5, 0.6) is 0 Å². The van der Waals surface area contributed by atoms with Crippen LogP contribution in [-0.4, -0.2) is 10.9 Å². The number of hydrogen-bond acceptors (Lipinski definition) is 3. The smallest absolute Gasteiger partial charge is 0.256 e. The van der Waals surface area contributed by atoms with Crippen molar-refractivity contribution in [3.05, 3.63) is 105 Å². The first-order valence-electron chi connectivity index (χ1n) is 9.49. The highest BCUT2D eigenvalue weighted by molar-refractivity contribution is 6.36. The number of carbonyl (C=O) groups is 1. The molecule has 7 heteroatoms. The molecule has 0 aliphatic carbocycles. The van der Waals surface area contributed by atoms with E-state index in [1.54, 1.807) is 60.7 Å². The van der Waals surface area contributed by atoms with Crippen molar-refractivity contribution in [2.75, 3.05) is 5.32 Å². The van der Waals surface area contributed by atoms with E-state index >= 15 is 0 Å². The summed E-state index contributed by atoms with van der Waals surface area (Å²) in [4.78, 5) is 17.4. The van der Waals surface area contributed by atoms with Gasteiger partial charge in [0.05, 0.1) is 16.3 Å². The van der Waals surface area contributed by atoms with Crippen molar-refractivity contribution >= 4 is 46.5 Å². The van der Waals surface area contributed by atoms with Crippen LogP contribution in [0.2, 0.25) is 15.1 Å². The van der Waals surface area contributed by atoms with Gasteiger partial charge in [0.15, 0.2) is 5.82 Å². The summed E-state index contributed by atoms with van der Waals surface area (Å²) in [7, 11) is 0.